The largest absolute Gasteiger partial charge is 0.466 e. The van der Waals surface area contributed by atoms with Crippen LogP contribution in [0.1, 0.15) is 29.8 Å². The number of rotatable bonds is 5. The average Bonchev–Trinajstić information content (AvgIpc) is 3.36. The molecule has 0 bridgehead atoms. The highest BCUT2D eigenvalue weighted by atomic mass is 16.5. The standard InChI is InChI=1S/C20H21N3O4/c1-14-7-8-16(26-14)9-10-18(24)23-11-12-25-13-17(23)19-21-20(27-22-19)15-5-3-2-4-6-15/h2-8,17H,9-13H2,1H3/t17-/m0/s1. The normalized spacial score (nSPS) is 17.2. The van der Waals surface area contributed by atoms with Crippen molar-refractivity contribution in [2.24, 2.45) is 0 Å². The second kappa shape index (κ2) is 7.75. The Hall–Kier alpha value is -2.93. The summed E-state index contributed by atoms with van der Waals surface area (Å²) in [7, 11) is 0. The Bertz CT molecular complexity index is 903. The van der Waals surface area contributed by atoms with Crippen LogP contribution in [0.5, 0.6) is 0 Å². The molecule has 3 heterocycles. The number of ether oxygens (including phenoxy) is 1. The molecule has 0 spiro atoms. The van der Waals surface area contributed by atoms with Crippen molar-refractivity contribution < 1.29 is 18.5 Å². The van der Waals surface area contributed by atoms with Crippen molar-refractivity contribution in [1.82, 2.24) is 15.0 Å². The molecule has 1 fully saturated rings. The zero-order chi connectivity index (χ0) is 18.6. The highest BCUT2D eigenvalue weighted by Gasteiger charge is 2.32. The van der Waals surface area contributed by atoms with Crippen molar-refractivity contribution in [1.29, 1.82) is 0 Å². The van der Waals surface area contributed by atoms with Crippen molar-refractivity contribution in [3.63, 3.8) is 0 Å². The van der Waals surface area contributed by atoms with Gasteiger partial charge in [-0.1, -0.05) is 23.4 Å². The Balaban J connectivity index is 1.47. The van der Waals surface area contributed by atoms with Crippen molar-refractivity contribution >= 4 is 5.91 Å². The molecule has 1 saturated heterocycles. The summed E-state index contributed by atoms with van der Waals surface area (Å²) in [6, 6.07) is 13.0. The number of carbonyl (C=O) groups excluding carboxylic acids is 1. The van der Waals surface area contributed by atoms with Gasteiger partial charge in [-0.3, -0.25) is 4.79 Å². The molecule has 140 valence electrons. The number of aryl methyl sites for hydroxylation is 2. The second-order valence-electron chi connectivity index (χ2n) is 6.51. The number of hydrogen-bond acceptors (Lipinski definition) is 6. The number of furan rings is 1. The molecule has 1 aromatic carbocycles. The van der Waals surface area contributed by atoms with Crippen LogP contribution in [0.25, 0.3) is 11.5 Å². The van der Waals surface area contributed by atoms with Gasteiger partial charge in [0.25, 0.3) is 5.89 Å². The van der Waals surface area contributed by atoms with Crippen LogP contribution >= 0.6 is 0 Å². The van der Waals surface area contributed by atoms with Crippen LogP contribution in [-0.4, -0.2) is 40.7 Å². The van der Waals surface area contributed by atoms with E-state index in [0.29, 0.717) is 44.3 Å². The Labute approximate surface area is 156 Å². The lowest BCUT2D eigenvalue weighted by Crippen LogP contribution is -2.43. The van der Waals surface area contributed by atoms with Crippen LogP contribution in [0.2, 0.25) is 0 Å². The van der Waals surface area contributed by atoms with Gasteiger partial charge in [0, 0.05) is 24.9 Å². The summed E-state index contributed by atoms with van der Waals surface area (Å²) in [6.07, 6.45) is 0.936. The Morgan fingerprint density at radius 1 is 1.22 bits per heavy atom. The van der Waals surface area contributed by atoms with Gasteiger partial charge >= 0.3 is 0 Å². The minimum absolute atomic E-state index is 0.0309. The zero-order valence-corrected chi connectivity index (χ0v) is 15.1. The van der Waals surface area contributed by atoms with E-state index in [1.165, 1.54) is 0 Å². The zero-order valence-electron chi connectivity index (χ0n) is 15.1. The lowest BCUT2D eigenvalue weighted by molar-refractivity contribution is -0.140. The molecule has 0 saturated carbocycles. The second-order valence-corrected chi connectivity index (χ2v) is 6.51. The summed E-state index contributed by atoms with van der Waals surface area (Å²) in [5, 5.41) is 4.09. The van der Waals surface area contributed by atoms with E-state index >= 15 is 0 Å². The third-order valence-electron chi connectivity index (χ3n) is 4.59. The van der Waals surface area contributed by atoms with E-state index in [-0.39, 0.29) is 11.9 Å². The molecule has 7 heteroatoms. The summed E-state index contributed by atoms with van der Waals surface area (Å²) in [4.78, 5) is 19.0. The summed E-state index contributed by atoms with van der Waals surface area (Å²) in [5.74, 6) is 2.60. The quantitative estimate of drug-likeness (QED) is 0.689. The molecule has 0 radical (unpaired) electrons. The highest BCUT2D eigenvalue weighted by molar-refractivity contribution is 5.77. The smallest absolute Gasteiger partial charge is 0.257 e. The number of morpholine rings is 1. The SMILES string of the molecule is Cc1ccc(CCC(=O)N2CCOC[C@H]2c2noc(-c3ccccc3)n2)o1. The molecule has 0 N–H and O–H groups in total. The van der Waals surface area contributed by atoms with Crippen LogP contribution in [0, 0.1) is 6.92 Å². The average molecular weight is 367 g/mol. The summed E-state index contributed by atoms with van der Waals surface area (Å²) in [6.45, 7) is 3.27. The van der Waals surface area contributed by atoms with Crippen LogP contribution in [-0.2, 0) is 16.0 Å². The van der Waals surface area contributed by atoms with E-state index in [2.05, 4.69) is 10.1 Å². The predicted octanol–water partition coefficient (Wildman–Crippen LogP) is 3.17. The van der Waals surface area contributed by atoms with E-state index in [4.69, 9.17) is 13.7 Å². The number of amides is 1. The van der Waals surface area contributed by atoms with Gasteiger partial charge in [-0.25, -0.2) is 0 Å². The maximum Gasteiger partial charge on any atom is 0.257 e. The lowest BCUT2D eigenvalue weighted by atomic mass is 10.1. The molecule has 1 aliphatic heterocycles. The first-order chi connectivity index (χ1) is 13.2. The van der Waals surface area contributed by atoms with Crippen LogP contribution in [0.4, 0.5) is 0 Å². The molecule has 0 unspecified atom stereocenters. The minimum Gasteiger partial charge on any atom is -0.466 e. The molecule has 1 aliphatic rings. The monoisotopic (exact) mass is 367 g/mol. The summed E-state index contributed by atoms with van der Waals surface area (Å²) >= 11 is 0. The molecular weight excluding hydrogens is 346 g/mol. The van der Waals surface area contributed by atoms with Crippen molar-refractivity contribution in [3.8, 4) is 11.5 Å². The fraction of sp³-hybridized carbons (Fsp3) is 0.350. The van der Waals surface area contributed by atoms with E-state index in [1.807, 2.05) is 49.4 Å². The van der Waals surface area contributed by atoms with Gasteiger partial charge in [-0.15, -0.1) is 0 Å². The highest BCUT2D eigenvalue weighted by Crippen LogP contribution is 2.26. The van der Waals surface area contributed by atoms with Gasteiger partial charge in [0.1, 0.15) is 17.6 Å². The molecular formula is C20H21N3O4. The van der Waals surface area contributed by atoms with E-state index in [1.54, 1.807) is 4.90 Å². The molecule has 1 atom stereocenters. The first kappa shape index (κ1) is 17.5. The summed E-state index contributed by atoms with van der Waals surface area (Å²) in [5.41, 5.74) is 0.846. The number of benzene rings is 1. The van der Waals surface area contributed by atoms with Gasteiger partial charge in [0.05, 0.1) is 13.2 Å². The van der Waals surface area contributed by atoms with Crippen molar-refractivity contribution in [2.45, 2.75) is 25.8 Å². The van der Waals surface area contributed by atoms with Crippen LogP contribution < -0.4 is 0 Å². The Morgan fingerprint density at radius 2 is 2.07 bits per heavy atom. The fourth-order valence-corrected chi connectivity index (χ4v) is 3.18. The van der Waals surface area contributed by atoms with Gasteiger partial charge in [-0.2, -0.15) is 4.98 Å². The van der Waals surface area contributed by atoms with Crippen molar-refractivity contribution in [2.75, 3.05) is 19.8 Å². The van der Waals surface area contributed by atoms with Gasteiger partial charge in [-0.05, 0) is 31.2 Å². The number of aromatic nitrogens is 2. The first-order valence-electron chi connectivity index (χ1n) is 9.02. The fourth-order valence-electron chi connectivity index (χ4n) is 3.18. The number of nitrogens with zero attached hydrogens (tertiary/aromatic N) is 3. The first-order valence-corrected chi connectivity index (χ1v) is 9.02. The molecule has 3 aromatic rings. The van der Waals surface area contributed by atoms with Crippen LogP contribution in [0.15, 0.2) is 51.4 Å². The third-order valence-corrected chi connectivity index (χ3v) is 4.59. The summed E-state index contributed by atoms with van der Waals surface area (Å²) < 4.78 is 16.5. The number of carbonyl (C=O) groups is 1. The third kappa shape index (κ3) is 3.93. The Morgan fingerprint density at radius 3 is 2.85 bits per heavy atom. The maximum atomic E-state index is 12.8. The molecule has 7 nitrogen and oxygen atoms in total. The molecule has 4 rings (SSSR count). The maximum absolute atomic E-state index is 12.8. The molecule has 27 heavy (non-hydrogen) atoms. The van der Waals surface area contributed by atoms with Gasteiger partial charge in [0.15, 0.2) is 5.82 Å². The van der Waals surface area contributed by atoms with Crippen molar-refractivity contribution in [3.05, 3.63) is 59.8 Å². The number of hydrogen-bond donors (Lipinski definition) is 0. The molecule has 1 amide bonds. The minimum atomic E-state index is -0.342. The molecule has 0 aliphatic carbocycles. The van der Waals surface area contributed by atoms with Gasteiger partial charge < -0.3 is 18.6 Å². The van der Waals surface area contributed by atoms with E-state index in [9.17, 15) is 4.79 Å². The predicted molar refractivity (Wildman–Crippen MR) is 96.8 cm³/mol. The molecule has 2 aromatic heterocycles. The van der Waals surface area contributed by atoms with E-state index in [0.717, 1.165) is 17.1 Å². The van der Waals surface area contributed by atoms with E-state index < -0.39 is 0 Å². The topological polar surface area (TPSA) is 81.6 Å². The van der Waals surface area contributed by atoms with Crippen LogP contribution in [0.3, 0.4) is 0 Å². The van der Waals surface area contributed by atoms with Gasteiger partial charge in [0.2, 0.25) is 5.91 Å². The lowest BCUT2D eigenvalue weighted by Gasteiger charge is -2.33. The Kier molecular flexibility index (Phi) is 5.02.